The molecule has 0 aromatic heterocycles. The van der Waals surface area contributed by atoms with E-state index in [0.29, 0.717) is 6.61 Å². The number of nitrogens with zero attached hydrogens (tertiary/aromatic N) is 2. The van der Waals surface area contributed by atoms with E-state index in [2.05, 4.69) is 107 Å². The van der Waals surface area contributed by atoms with E-state index in [-0.39, 0.29) is 11.6 Å². The Morgan fingerprint density at radius 3 is 1.35 bits per heavy atom. The second kappa shape index (κ2) is 39.4. The summed E-state index contributed by atoms with van der Waals surface area (Å²) in [4.78, 5) is 17.6. The summed E-state index contributed by atoms with van der Waals surface area (Å²) in [5, 5.41) is 0. The van der Waals surface area contributed by atoms with Crippen LogP contribution in [-0.4, -0.2) is 67.4 Å². The number of rotatable bonds is 38. The van der Waals surface area contributed by atoms with Crippen LogP contribution in [0.3, 0.4) is 0 Å². The molecular formula is C49H92N2O3. The van der Waals surface area contributed by atoms with Crippen molar-refractivity contribution < 1.29 is 14.3 Å². The van der Waals surface area contributed by atoms with Crippen LogP contribution in [0.2, 0.25) is 0 Å². The molecule has 0 heterocycles. The van der Waals surface area contributed by atoms with Gasteiger partial charge in [0, 0.05) is 25.2 Å². The van der Waals surface area contributed by atoms with Gasteiger partial charge in [0.2, 0.25) is 0 Å². The highest BCUT2D eigenvalue weighted by molar-refractivity contribution is 5.60. The van der Waals surface area contributed by atoms with E-state index >= 15 is 0 Å². The molecule has 0 aliphatic heterocycles. The van der Waals surface area contributed by atoms with Crippen LogP contribution in [0.4, 0.5) is 4.79 Å². The topological polar surface area (TPSA) is 42.0 Å². The quantitative estimate of drug-likeness (QED) is 0.0356. The van der Waals surface area contributed by atoms with Crippen molar-refractivity contribution in [3.8, 4) is 0 Å². The van der Waals surface area contributed by atoms with Crippen molar-refractivity contribution in [2.45, 2.75) is 220 Å². The molecule has 5 heteroatoms. The summed E-state index contributed by atoms with van der Waals surface area (Å²) < 4.78 is 11.6. The van der Waals surface area contributed by atoms with Gasteiger partial charge in [-0.3, -0.25) is 4.90 Å². The molecule has 0 rings (SSSR count). The summed E-state index contributed by atoms with van der Waals surface area (Å²) in [6, 6.07) is 0. The lowest BCUT2D eigenvalue weighted by Gasteiger charge is -2.36. The zero-order chi connectivity index (χ0) is 39.8. The average Bonchev–Trinajstić information content (AvgIpc) is 3.14. The van der Waals surface area contributed by atoms with E-state index in [4.69, 9.17) is 9.47 Å². The molecule has 0 amide bonds. The number of likely N-dealkylation sites (N-methyl/N-ethyl adjacent to an activating group) is 1. The van der Waals surface area contributed by atoms with Crippen molar-refractivity contribution in [1.82, 2.24) is 9.80 Å². The third-order valence-electron chi connectivity index (χ3n) is 10.5. The van der Waals surface area contributed by atoms with E-state index in [1.165, 1.54) is 128 Å². The Morgan fingerprint density at radius 2 is 0.944 bits per heavy atom. The van der Waals surface area contributed by atoms with Crippen LogP contribution in [0.1, 0.15) is 208 Å². The molecule has 0 aromatic carbocycles. The van der Waals surface area contributed by atoms with Gasteiger partial charge in [0.15, 0.2) is 0 Å². The first kappa shape index (κ1) is 52.2. The molecule has 5 nitrogen and oxygen atoms in total. The minimum Gasteiger partial charge on any atom is -0.433 e. The molecule has 0 aliphatic carbocycles. The molecule has 0 atom stereocenters. The standard InChI is InChI=1S/C49H92N2O3/c1-8-11-13-15-17-19-21-23-25-27-29-31-33-35-37-39-41-47(54-48(52)53-46-45-51(49(4,5)6)44-43-50(7)10-3)42-40-38-36-34-32-30-28-26-24-22-20-18-16-14-12-9-2/h17-20,23-26,47H,8-16,21-22,27-46H2,1-7H3/b19-17-,20-18-,25-23-,26-24-. The fraction of sp³-hybridized carbons (Fsp3) is 0.816. The molecule has 0 radical (unpaired) electrons. The van der Waals surface area contributed by atoms with Crippen molar-refractivity contribution in [3.05, 3.63) is 48.6 Å². The maximum Gasteiger partial charge on any atom is 0.508 e. The van der Waals surface area contributed by atoms with Crippen LogP contribution in [-0.2, 0) is 9.47 Å². The molecule has 0 fully saturated rings. The molecule has 316 valence electrons. The fourth-order valence-electron chi connectivity index (χ4n) is 6.62. The van der Waals surface area contributed by atoms with Gasteiger partial charge in [-0.1, -0.05) is 146 Å². The third-order valence-corrected chi connectivity index (χ3v) is 10.5. The van der Waals surface area contributed by atoms with Gasteiger partial charge in [0.25, 0.3) is 0 Å². The number of carbonyl (C=O) groups is 1. The summed E-state index contributed by atoms with van der Waals surface area (Å²) in [6.45, 7) is 17.5. The maximum absolute atomic E-state index is 12.9. The van der Waals surface area contributed by atoms with Crippen LogP contribution < -0.4 is 0 Å². The third kappa shape index (κ3) is 37.1. The lowest BCUT2D eigenvalue weighted by molar-refractivity contribution is 0.00549. The predicted molar refractivity (Wildman–Crippen MR) is 239 cm³/mol. The van der Waals surface area contributed by atoms with Crippen molar-refractivity contribution in [2.24, 2.45) is 0 Å². The second-order valence-corrected chi connectivity index (χ2v) is 16.6. The molecule has 0 aromatic rings. The highest BCUT2D eigenvalue weighted by Gasteiger charge is 2.22. The van der Waals surface area contributed by atoms with E-state index in [1.54, 1.807) is 0 Å². The minimum atomic E-state index is -0.486. The fourth-order valence-corrected chi connectivity index (χ4v) is 6.62. The van der Waals surface area contributed by atoms with Crippen molar-refractivity contribution in [3.63, 3.8) is 0 Å². The number of unbranched alkanes of at least 4 members (excludes halogenated alkanes) is 18. The lowest BCUT2D eigenvalue weighted by Crippen LogP contribution is -2.46. The molecule has 0 aliphatic rings. The number of allylic oxidation sites excluding steroid dienone is 8. The highest BCUT2D eigenvalue weighted by atomic mass is 16.7. The summed E-state index contributed by atoms with van der Waals surface area (Å²) in [5.41, 5.74) is 0.0213. The second-order valence-electron chi connectivity index (χ2n) is 16.6. The Hall–Kier alpha value is -1.85. The summed E-state index contributed by atoms with van der Waals surface area (Å²) >= 11 is 0. The van der Waals surface area contributed by atoms with E-state index in [1.807, 2.05) is 0 Å². The first-order valence-corrected chi connectivity index (χ1v) is 23.1. The van der Waals surface area contributed by atoms with Gasteiger partial charge < -0.3 is 14.4 Å². The number of carbonyl (C=O) groups excluding carboxylic acids is 1. The smallest absolute Gasteiger partial charge is 0.433 e. The highest BCUT2D eigenvalue weighted by Crippen LogP contribution is 2.19. The summed E-state index contributed by atoms with van der Waals surface area (Å²) in [6.07, 6.45) is 49.9. The van der Waals surface area contributed by atoms with E-state index in [9.17, 15) is 4.79 Å². The van der Waals surface area contributed by atoms with Crippen LogP contribution in [0.15, 0.2) is 48.6 Å². The van der Waals surface area contributed by atoms with E-state index < -0.39 is 6.16 Å². The van der Waals surface area contributed by atoms with Crippen LogP contribution >= 0.6 is 0 Å². The summed E-state index contributed by atoms with van der Waals surface area (Å²) in [7, 11) is 2.15. The number of hydrogen-bond acceptors (Lipinski definition) is 5. The van der Waals surface area contributed by atoms with Gasteiger partial charge in [0.05, 0.1) is 0 Å². The Kier molecular flexibility index (Phi) is 38.0. The number of hydrogen-bond donors (Lipinski definition) is 0. The molecule has 0 saturated carbocycles. The molecule has 0 spiro atoms. The Bertz CT molecular complexity index is 870. The predicted octanol–water partition coefficient (Wildman–Crippen LogP) is 15.0. The lowest BCUT2D eigenvalue weighted by atomic mass is 10.0. The van der Waals surface area contributed by atoms with Gasteiger partial charge in [-0.2, -0.15) is 0 Å². The largest absolute Gasteiger partial charge is 0.508 e. The van der Waals surface area contributed by atoms with Crippen LogP contribution in [0, 0.1) is 0 Å². The average molecular weight is 757 g/mol. The SMILES string of the molecule is CCCCC/C=C\C/C=C\CCCCCCCCC(CCCCCCCC/C=C\C/C=C\CCCCC)OC(=O)OCCN(CCN(C)CC)C(C)(C)C. The van der Waals surface area contributed by atoms with Gasteiger partial charge >= 0.3 is 6.16 Å². The first-order chi connectivity index (χ1) is 26.2. The molecule has 0 unspecified atom stereocenters. The first-order valence-electron chi connectivity index (χ1n) is 23.1. The molecular weight excluding hydrogens is 665 g/mol. The minimum absolute atomic E-state index is 0.0213. The van der Waals surface area contributed by atoms with Gasteiger partial charge in [-0.05, 0) is 124 Å². The Balaban J connectivity index is 4.48. The van der Waals surface area contributed by atoms with Crippen molar-refractivity contribution in [2.75, 3.05) is 39.8 Å². The van der Waals surface area contributed by atoms with Crippen molar-refractivity contribution >= 4 is 6.16 Å². The van der Waals surface area contributed by atoms with Gasteiger partial charge in [-0.25, -0.2) is 4.79 Å². The maximum atomic E-state index is 12.9. The normalized spacial score (nSPS) is 12.7. The van der Waals surface area contributed by atoms with Crippen LogP contribution in [0.25, 0.3) is 0 Å². The molecule has 54 heavy (non-hydrogen) atoms. The monoisotopic (exact) mass is 757 g/mol. The molecule has 0 saturated heterocycles. The van der Waals surface area contributed by atoms with E-state index in [0.717, 1.165) is 64.7 Å². The molecule has 0 bridgehead atoms. The van der Waals surface area contributed by atoms with Crippen molar-refractivity contribution in [1.29, 1.82) is 0 Å². The molecule has 0 N–H and O–H groups in total. The zero-order valence-corrected chi connectivity index (χ0v) is 37.2. The Morgan fingerprint density at radius 1 is 0.537 bits per heavy atom. The van der Waals surface area contributed by atoms with Crippen LogP contribution in [0.5, 0.6) is 0 Å². The zero-order valence-electron chi connectivity index (χ0n) is 37.2. The summed E-state index contributed by atoms with van der Waals surface area (Å²) in [5.74, 6) is 0. The van der Waals surface area contributed by atoms with Gasteiger partial charge in [-0.15, -0.1) is 0 Å². The Labute approximate surface area is 337 Å². The van der Waals surface area contributed by atoms with Gasteiger partial charge in [0.1, 0.15) is 12.7 Å². The number of ether oxygens (including phenoxy) is 2.